The molecule has 5 nitrogen and oxygen atoms in total. The highest BCUT2D eigenvalue weighted by atomic mass is 19.1. The first-order valence-corrected chi connectivity index (χ1v) is 7.26. The number of rotatable bonds is 6. The highest BCUT2D eigenvalue weighted by Gasteiger charge is 2.12. The number of ether oxygens (including phenoxy) is 1. The molecule has 2 rings (SSSR count). The maximum absolute atomic E-state index is 13.4. The monoisotopic (exact) mass is 334 g/mol. The minimum absolute atomic E-state index is 0.188. The van der Waals surface area contributed by atoms with Crippen LogP contribution in [0.1, 0.15) is 17.3 Å². The fraction of sp³-hybridized carbons (Fsp3) is 0.176. The summed E-state index contributed by atoms with van der Waals surface area (Å²) < 4.78 is 31.7. The van der Waals surface area contributed by atoms with Crippen LogP contribution >= 0.6 is 0 Å². The predicted octanol–water partition coefficient (Wildman–Crippen LogP) is 3.19. The first-order valence-electron chi connectivity index (χ1n) is 7.26. The van der Waals surface area contributed by atoms with Gasteiger partial charge in [0, 0.05) is 5.69 Å². The molecular weight excluding hydrogens is 318 g/mol. The summed E-state index contributed by atoms with van der Waals surface area (Å²) in [6.45, 7) is 1.81. The van der Waals surface area contributed by atoms with Crippen LogP contribution in [0.5, 0.6) is 0 Å². The van der Waals surface area contributed by atoms with E-state index < -0.39 is 29.2 Å². The zero-order valence-electron chi connectivity index (χ0n) is 12.9. The van der Waals surface area contributed by atoms with Crippen molar-refractivity contribution in [3.8, 4) is 0 Å². The van der Waals surface area contributed by atoms with Crippen molar-refractivity contribution in [1.82, 2.24) is 0 Å². The summed E-state index contributed by atoms with van der Waals surface area (Å²) in [6.07, 6.45) is 0. The molecule has 2 aromatic carbocycles. The van der Waals surface area contributed by atoms with Crippen LogP contribution in [0.4, 0.5) is 20.2 Å². The fourth-order valence-electron chi connectivity index (χ4n) is 1.92. The highest BCUT2D eigenvalue weighted by molar-refractivity contribution is 5.94. The summed E-state index contributed by atoms with van der Waals surface area (Å²) in [5.41, 5.74) is 0.481. The normalized spacial score (nSPS) is 10.1. The van der Waals surface area contributed by atoms with Crippen molar-refractivity contribution < 1.29 is 23.1 Å². The number of halogens is 2. The Kier molecular flexibility index (Phi) is 5.83. The van der Waals surface area contributed by atoms with Gasteiger partial charge >= 0.3 is 5.97 Å². The molecule has 1 amide bonds. The van der Waals surface area contributed by atoms with Gasteiger partial charge in [-0.3, -0.25) is 4.79 Å². The molecule has 126 valence electrons. The summed E-state index contributed by atoms with van der Waals surface area (Å²) in [6, 6.07) is 9.63. The molecule has 2 aromatic rings. The molecule has 0 aliphatic rings. The summed E-state index contributed by atoms with van der Waals surface area (Å²) in [5.74, 6) is -2.73. The average molecular weight is 334 g/mol. The summed E-state index contributed by atoms with van der Waals surface area (Å²) >= 11 is 0. The standard InChI is InChI=1S/C17H16F2N2O3/c1-2-24-17(23)11-6-8-12(9-7-11)20-10-15(22)21-16-13(18)4-3-5-14(16)19/h3-9,20H,2,10H2,1H3,(H,21,22). The molecule has 0 unspecified atom stereocenters. The number of hydrogen-bond donors (Lipinski definition) is 2. The molecule has 0 atom stereocenters. The molecule has 0 aliphatic carbocycles. The number of benzene rings is 2. The van der Waals surface area contributed by atoms with Gasteiger partial charge in [0.25, 0.3) is 0 Å². The second kappa shape index (κ2) is 8.05. The topological polar surface area (TPSA) is 67.4 Å². The van der Waals surface area contributed by atoms with Crippen molar-refractivity contribution in [2.75, 3.05) is 23.8 Å². The smallest absolute Gasteiger partial charge is 0.338 e. The Morgan fingerprint density at radius 2 is 1.67 bits per heavy atom. The number of hydrogen-bond acceptors (Lipinski definition) is 4. The zero-order valence-corrected chi connectivity index (χ0v) is 12.9. The lowest BCUT2D eigenvalue weighted by Crippen LogP contribution is -2.23. The number of carbonyl (C=O) groups excluding carboxylic acids is 2. The third-order valence-electron chi connectivity index (χ3n) is 3.08. The maximum Gasteiger partial charge on any atom is 0.338 e. The Balaban J connectivity index is 1.91. The first kappa shape index (κ1) is 17.4. The second-order valence-corrected chi connectivity index (χ2v) is 4.80. The Labute approximate surface area is 137 Å². The molecule has 0 heterocycles. The largest absolute Gasteiger partial charge is 0.462 e. The first-order chi connectivity index (χ1) is 11.5. The number of amides is 1. The van der Waals surface area contributed by atoms with Gasteiger partial charge < -0.3 is 15.4 Å². The van der Waals surface area contributed by atoms with E-state index in [2.05, 4.69) is 10.6 Å². The SMILES string of the molecule is CCOC(=O)c1ccc(NCC(=O)Nc2c(F)cccc2F)cc1. The Hall–Kier alpha value is -2.96. The Morgan fingerprint density at radius 3 is 2.25 bits per heavy atom. The van der Waals surface area contributed by atoms with Crippen LogP contribution in [0.15, 0.2) is 42.5 Å². The highest BCUT2D eigenvalue weighted by Crippen LogP contribution is 2.18. The molecule has 0 saturated heterocycles. The van der Waals surface area contributed by atoms with E-state index >= 15 is 0 Å². The number of carbonyl (C=O) groups is 2. The van der Waals surface area contributed by atoms with Crippen LogP contribution in [0.2, 0.25) is 0 Å². The van der Waals surface area contributed by atoms with Crippen molar-refractivity contribution in [2.45, 2.75) is 6.92 Å². The van der Waals surface area contributed by atoms with E-state index in [0.717, 1.165) is 12.1 Å². The van der Waals surface area contributed by atoms with Crippen LogP contribution < -0.4 is 10.6 Å². The van der Waals surface area contributed by atoms with E-state index in [1.807, 2.05) is 0 Å². The van der Waals surface area contributed by atoms with Gasteiger partial charge in [0.15, 0.2) is 0 Å². The van der Waals surface area contributed by atoms with Crippen LogP contribution in [0.25, 0.3) is 0 Å². The van der Waals surface area contributed by atoms with E-state index in [1.165, 1.54) is 6.07 Å². The number of nitrogens with one attached hydrogen (secondary N) is 2. The lowest BCUT2D eigenvalue weighted by atomic mass is 10.2. The van der Waals surface area contributed by atoms with Gasteiger partial charge in [-0.05, 0) is 43.3 Å². The second-order valence-electron chi connectivity index (χ2n) is 4.80. The van der Waals surface area contributed by atoms with Crippen molar-refractivity contribution in [3.05, 3.63) is 59.7 Å². The number of esters is 1. The minimum atomic E-state index is -0.845. The van der Waals surface area contributed by atoms with E-state index in [9.17, 15) is 18.4 Å². The van der Waals surface area contributed by atoms with Gasteiger partial charge in [-0.1, -0.05) is 6.07 Å². The molecule has 24 heavy (non-hydrogen) atoms. The molecule has 0 aromatic heterocycles. The molecule has 0 radical (unpaired) electrons. The molecule has 2 N–H and O–H groups in total. The maximum atomic E-state index is 13.4. The van der Waals surface area contributed by atoms with Crippen LogP contribution in [0, 0.1) is 11.6 Å². The van der Waals surface area contributed by atoms with E-state index in [1.54, 1.807) is 31.2 Å². The van der Waals surface area contributed by atoms with Crippen molar-refractivity contribution in [2.24, 2.45) is 0 Å². The van der Waals surface area contributed by atoms with E-state index in [0.29, 0.717) is 11.3 Å². The predicted molar refractivity (Wildman–Crippen MR) is 85.9 cm³/mol. The molecule has 0 aliphatic heterocycles. The van der Waals surface area contributed by atoms with Gasteiger partial charge in [0.05, 0.1) is 18.7 Å². The summed E-state index contributed by atoms with van der Waals surface area (Å²) in [4.78, 5) is 23.3. The lowest BCUT2D eigenvalue weighted by molar-refractivity contribution is -0.114. The van der Waals surface area contributed by atoms with Crippen LogP contribution in [0.3, 0.4) is 0 Å². The van der Waals surface area contributed by atoms with Gasteiger partial charge in [0.1, 0.15) is 17.3 Å². The van der Waals surface area contributed by atoms with Crippen LogP contribution in [-0.2, 0) is 9.53 Å². The quantitative estimate of drug-likeness (QED) is 0.796. The van der Waals surface area contributed by atoms with Crippen molar-refractivity contribution in [1.29, 1.82) is 0 Å². The van der Waals surface area contributed by atoms with E-state index in [4.69, 9.17) is 4.74 Å². The van der Waals surface area contributed by atoms with Crippen molar-refractivity contribution >= 4 is 23.3 Å². The molecule has 0 fully saturated rings. The molecule has 0 saturated carbocycles. The minimum Gasteiger partial charge on any atom is -0.462 e. The average Bonchev–Trinajstić information content (AvgIpc) is 2.57. The van der Waals surface area contributed by atoms with Gasteiger partial charge in [-0.15, -0.1) is 0 Å². The third-order valence-corrected chi connectivity index (χ3v) is 3.08. The molecule has 0 spiro atoms. The Morgan fingerprint density at radius 1 is 1.04 bits per heavy atom. The molecule has 7 heteroatoms. The van der Waals surface area contributed by atoms with E-state index in [-0.39, 0.29) is 13.2 Å². The lowest BCUT2D eigenvalue weighted by Gasteiger charge is -2.09. The van der Waals surface area contributed by atoms with Gasteiger partial charge in [-0.2, -0.15) is 0 Å². The van der Waals surface area contributed by atoms with Crippen molar-refractivity contribution in [3.63, 3.8) is 0 Å². The number of para-hydroxylation sites is 1. The number of anilines is 2. The van der Waals surface area contributed by atoms with Crippen LogP contribution in [-0.4, -0.2) is 25.0 Å². The fourth-order valence-corrected chi connectivity index (χ4v) is 1.92. The molecule has 0 bridgehead atoms. The zero-order chi connectivity index (χ0) is 17.5. The van der Waals surface area contributed by atoms with Gasteiger partial charge in [0.2, 0.25) is 5.91 Å². The molecular formula is C17H16F2N2O3. The summed E-state index contributed by atoms with van der Waals surface area (Å²) in [5, 5.41) is 4.96. The Bertz CT molecular complexity index is 713. The third kappa shape index (κ3) is 4.52. The van der Waals surface area contributed by atoms with Gasteiger partial charge in [-0.25, -0.2) is 13.6 Å². The summed E-state index contributed by atoms with van der Waals surface area (Å²) in [7, 11) is 0.